The number of aromatic nitrogens is 3. The Morgan fingerprint density at radius 2 is 1.93 bits per heavy atom. The number of aromatic amines is 1. The van der Waals surface area contributed by atoms with Gasteiger partial charge in [-0.2, -0.15) is 14.4 Å². The van der Waals surface area contributed by atoms with Crippen LogP contribution in [0, 0.1) is 5.92 Å². The quantitative estimate of drug-likeness (QED) is 0.774. The van der Waals surface area contributed by atoms with Gasteiger partial charge in [0.05, 0.1) is 18.1 Å². The van der Waals surface area contributed by atoms with Crippen molar-refractivity contribution < 1.29 is 22.7 Å². The van der Waals surface area contributed by atoms with E-state index in [1.54, 1.807) is 6.07 Å². The summed E-state index contributed by atoms with van der Waals surface area (Å²) in [7, 11) is -3.67. The maximum atomic E-state index is 13.0. The molecular formula is C17H21N5O5S. The van der Waals surface area contributed by atoms with Crippen molar-refractivity contribution in [2.75, 3.05) is 31.6 Å². The highest BCUT2D eigenvalue weighted by molar-refractivity contribution is 7.89. The number of hydrogen-bond donors (Lipinski definition) is 2. The average molecular weight is 407 g/mol. The van der Waals surface area contributed by atoms with E-state index in [-0.39, 0.29) is 35.8 Å². The van der Waals surface area contributed by atoms with Crippen LogP contribution in [-0.2, 0) is 14.8 Å². The largest absolute Gasteiger partial charge is 0.490 e. The van der Waals surface area contributed by atoms with Gasteiger partial charge in [0.1, 0.15) is 6.33 Å². The third-order valence-corrected chi connectivity index (χ3v) is 6.73. The van der Waals surface area contributed by atoms with Gasteiger partial charge in [0.25, 0.3) is 0 Å². The zero-order valence-corrected chi connectivity index (χ0v) is 15.9. The molecule has 2 N–H and O–H groups in total. The SMILES string of the molecule is O=C(Nc1ncn[nH]1)C1CCN(S(=O)(=O)c2ccc3c(c2)OCCCO3)CC1. The molecule has 0 bridgehead atoms. The number of sulfonamides is 1. The van der Waals surface area contributed by atoms with Crippen LogP contribution in [0.1, 0.15) is 19.3 Å². The molecule has 1 aromatic heterocycles. The standard InChI is InChI=1S/C17H21N5O5S/c23-16(20-17-18-11-19-21-17)12-4-6-22(7-5-12)28(24,25)13-2-3-14-15(10-13)27-9-1-8-26-14/h2-3,10-12H,1,4-9H2,(H2,18,19,20,21,23). The van der Waals surface area contributed by atoms with Gasteiger partial charge < -0.3 is 9.47 Å². The molecule has 2 aliphatic heterocycles. The zero-order chi connectivity index (χ0) is 19.6. The fraction of sp³-hybridized carbons (Fsp3) is 0.471. The fourth-order valence-corrected chi connectivity index (χ4v) is 4.78. The lowest BCUT2D eigenvalue weighted by molar-refractivity contribution is -0.121. The number of nitrogens with one attached hydrogen (secondary N) is 2. The Labute approximate surface area is 162 Å². The van der Waals surface area contributed by atoms with Gasteiger partial charge in [-0.15, -0.1) is 0 Å². The minimum absolute atomic E-state index is 0.168. The Bertz CT molecular complexity index is 939. The van der Waals surface area contributed by atoms with E-state index in [9.17, 15) is 13.2 Å². The highest BCUT2D eigenvalue weighted by Crippen LogP contribution is 2.33. The summed E-state index contributed by atoms with van der Waals surface area (Å²) < 4.78 is 38.6. The maximum Gasteiger partial charge on any atom is 0.243 e. The number of piperidine rings is 1. The third-order valence-electron chi connectivity index (χ3n) is 4.84. The molecule has 2 aromatic rings. The molecule has 0 radical (unpaired) electrons. The van der Waals surface area contributed by atoms with E-state index in [0.29, 0.717) is 37.6 Å². The lowest BCUT2D eigenvalue weighted by Crippen LogP contribution is -2.41. The Kier molecular flexibility index (Phi) is 5.18. The minimum Gasteiger partial charge on any atom is -0.490 e. The van der Waals surface area contributed by atoms with Gasteiger partial charge in [0.15, 0.2) is 11.5 Å². The molecule has 1 amide bonds. The van der Waals surface area contributed by atoms with Crippen LogP contribution in [0.15, 0.2) is 29.4 Å². The van der Waals surface area contributed by atoms with Crippen LogP contribution in [0.4, 0.5) is 5.95 Å². The van der Waals surface area contributed by atoms with E-state index in [1.807, 2.05) is 0 Å². The van der Waals surface area contributed by atoms with Crippen molar-refractivity contribution in [1.82, 2.24) is 19.5 Å². The molecule has 10 nitrogen and oxygen atoms in total. The van der Waals surface area contributed by atoms with Crippen molar-refractivity contribution in [3.63, 3.8) is 0 Å². The van der Waals surface area contributed by atoms with Crippen molar-refractivity contribution in [2.45, 2.75) is 24.2 Å². The van der Waals surface area contributed by atoms with Gasteiger partial charge in [-0.3, -0.25) is 10.1 Å². The summed E-state index contributed by atoms with van der Waals surface area (Å²) >= 11 is 0. The summed E-state index contributed by atoms with van der Waals surface area (Å²) in [4.78, 5) is 16.3. The number of ether oxygens (including phenoxy) is 2. The van der Waals surface area contributed by atoms with Crippen molar-refractivity contribution in [2.24, 2.45) is 5.92 Å². The smallest absolute Gasteiger partial charge is 0.243 e. The lowest BCUT2D eigenvalue weighted by atomic mass is 9.97. The van der Waals surface area contributed by atoms with Crippen LogP contribution in [0.5, 0.6) is 11.5 Å². The molecular weight excluding hydrogens is 386 g/mol. The first-order valence-electron chi connectivity index (χ1n) is 9.10. The van der Waals surface area contributed by atoms with Gasteiger partial charge in [0.2, 0.25) is 21.9 Å². The monoisotopic (exact) mass is 407 g/mol. The summed E-state index contributed by atoms with van der Waals surface area (Å²) in [6.07, 6.45) is 2.92. The number of rotatable bonds is 4. The van der Waals surface area contributed by atoms with Gasteiger partial charge >= 0.3 is 0 Å². The summed E-state index contributed by atoms with van der Waals surface area (Å²) in [5.41, 5.74) is 0. The summed E-state index contributed by atoms with van der Waals surface area (Å²) in [6.45, 7) is 1.57. The summed E-state index contributed by atoms with van der Waals surface area (Å²) in [5.74, 6) is 0.816. The second-order valence-electron chi connectivity index (χ2n) is 6.66. The van der Waals surface area contributed by atoms with E-state index in [2.05, 4.69) is 20.5 Å². The molecule has 3 heterocycles. The molecule has 0 spiro atoms. The number of amides is 1. The zero-order valence-electron chi connectivity index (χ0n) is 15.1. The molecule has 28 heavy (non-hydrogen) atoms. The molecule has 0 saturated carbocycles. The van der Waals surface area contributed by atoms with Gasteiger partial charge in [-0.25, -0.2) is 13.5 Å². The molecule has 150 valence electrons. The van der Waals surface area contributed by atoms with Crippen LogP contribution in [0.25, 0.3) is 0 Å². The number of anilines is 1. The molecule has 0 unspecified atom stereocenters. The number of benzene rings is 1. The number of H-pyrrole nitrogens is 1. The molecule has 1 aromatic carbocycles. The van der Waals surface area contributed by atoms with E-state index in [1.165, 1.54) is 22.8 Å². The first-order chi connectivity index (χ1) is 13.5. The first-order valence-corrected chi connectivity index (χ1v) is 10.5. The molecule has 4 rings (SSSR count). The lowest BCUT2D eigenvalue weighted by Gasteiger charge is -2.30. The summed E-state index contributed by atoms with van der Waals surface area (Å²) in [5, 5.41) is 8.90. The Hall–Kier alpha value is -2.66. The van der Waals surface area contributed by atoms with Crippen LogP contribution in [-0.4, -0.2) is 60.1 Å². The van der Waals surface area contributed by atoms with Crippen LogP contribution in [0.3, 0.4) is 0 Å². The molecule has 1 fully saturated rings. The Morgan fingerprint density at radius 1 is 1.18 bits per heavy atom. The van der Waals surface area contributed by atoms with Crippen molar-refractivity contribution in [3.05, 3.63) is 24.5 Å². The van der Waals surface area contributed by atoms with Crippen molar-refractivity contribution in [1.29, 1.82) is 0 Å². The van der Waals surface area contributed by atoms with E-state index < -0.39 is 10.0 Å². The maximum absolute atomic E-state index is 13.0. The summed E-state index contributed by atoms with van der Waals surface area (Å²) in [6, 6.07) is 4.68. The molecule has 2 aliphatic rings. The van der Waals surface area contributed by atoms with E-state index in [4.69, 9.17) is 9.47 Å². The number of hydrogen-bond acceptors (Lipinski definition) is 7. The minimum atomic E-state index is -3.67. The highest BCUT2D eigenvalue weighted by Gasteiger charge is 2.33. The number of carbonyl (C=O) groups excluding carboxylic acids is 1. The molecule has 1 saturated heterocycles. The number of nitrogens with zero attached hydrogens (tertiary/aromatic N) is 3. The van der Waals surface area contributed by atoms with Crippen LogP contribution in [0.2, 0.25) is 0 Å². The predicted octanol–water partition coefficient (Wildman–Crippen LogP) is 1.01. The van der Waals surface area contributed by atoms with Gasteiger partial charge in [0, 0.05) is 31.5 Å². The van der Waals surface area contributed by atoms with Gasteiger partial charge in [-0.1, -0.05) is 0 Å². The third kappa shape index (κ3) is 3.80. The van der Waals surface area contributed by atoms with Crippen molar-refractivity contribution >= 4 is 21.9 Å². The normalized spacial score (nSPS) is 18.4. The van der Waals surface area contributed by atoms with E-state index >= 15 is 0 Å². The molecule has 0 atom stereocenters. The number of carbonyl (C=O) groups is 1. The predicted molar refractivity (Wildman–Crippen MR) is 98.5 cm³/mol. The van der Waals surface area contributed by atoms with Crippen LogP contribution < -0.4 is 14.8 Å². The van der Waals surface area contributed by atoms with E-state index in [0.717, 1.165) is 6.42 Å². The first kappa shape index (κ1) is 18.7. The average Bonchev–Trinajstić information content (AvgIpc) is 3.10. The highest BCUT2D eigenvalue weighted by atomic mass is 32.2. The molecule has 11 heteroatoms. The number of fused-ring (bicyclic) bond motifs is 1. The van der Waals surface area contributed by atoms with Crippen molar-refractivity contribution in [3.8, 4) is 11.5 Å². The second-order valence-corrected chi connectivity index (χ2v) is 8.60. The van der Waals surface area contributed by atoms with Crippen LogP contribution >= 0.6 is 0 Å². The molecule has 0 aliphatic carbocycles. The Balaban J connectivity index is 1.42. The second kappa shape index (κ2) is 7.76. The van der Waals surface area contributed by atoms with Gasteiger partial charge in [-0.05, 0) is 25.0 Å². The fourth-order valence-electron chi connectivity index (χ4n) is 3.30. The Morgan fingerprint density at radius 3 is 2.64 bits per heavy atom. The topological polar surface area (TPSA) is 127 Å².